The third-order valence-corrected chi connectivity index (χ3v) is 7.16. The van der Waals surface area contributed by atoms with E-state index in [1.54, 1.807) is 14.0 Å². The summed E-state index contributed by atoms with van der Waals surface area (Å²) in [5, 5.41) is 31.2. The first-order valence-electron chi connectivity index (χ1n) is 13.4. The fraction of sp³-hybridized carbons (Fsp3) is 0.400. The summed E-state index contributed by atoms with van der Waals surface area (Å²) < 4.78 is 5.00. The number of carboxylic acids is 1. The molecule has 1 atom stereocenters. The van der Waals surface area contributed by atoms with Crippen LogP contribution < -0.4 is 10.2 Å². The third-order valence-electron chi connectivity index (χ3n) is 7.16. The molecule has 1 aromatic heterocycles. The lowest BCUT2D eigenvalue weighted by Gasteiger charge is -2.33. The SMILES string of the molecule is COC[C@H](O)Cc1ccc(-c2ccc(N3CCC(Cc4nc(C)c(O)c(C(=O)NCC(=O)O)n4)CC3)cc2)cc1. The molecule has 0 aliphatic carbocycles. The van der Waals surface area contributed by atoms with Gasteiger partial charge in [-0.15, -0.1) is 0 Å². The van der Waals surface area contributed by atoms with Crippen LogP contribution in [-0.2, 0) is 22.4 Å². The fourth-order valence-electron chi connectivity index (χ4n) is 4.99. The average molecular weight is 549 g/mol. The predicted molar refractivity (Wildman–Crippen MR) is 151 cm³/mol. The number of hydrogen-bond donors (Lipinski definition) is 4. The molecule has 10 heteroatoms. The molecule has 10 nitrogen and oxygen atoms in total. The number of aromatic hydroxyl groups is 1. The van der Waals surface area contributed by atoms with Gasteiger partial charge in [0, 0.05) is 38.7 Å². The molecule has 40 heavy (non-hydrogen) atoms. The number of anilines is 1. The number of methoxy groups -OCH3 is 1. The second-order valence-electron chi connectivity index (χ2n) is 10.2. The molecule has 1 fully saturated rings. The zero-order chi connectivity index (χ0) is 28.6. The zero-order valence-corrected chi connectivity index (χ0v) is 22.8. The van der Waals surface area contributed by atoms with Gasteiger partial charge in [-0.2, -0.15) is 0 Å². The molecule has 1 aliphatic heterocycles. The molecule has 212 valence electrons. The maximum Gasteiger partial charge on any atom is 0.322 e. The van der Waals surface area contributed by atoms with Crippen molar-refractivity contribution >= 4 is 17.6 Å². The summed E-state index contributed by atoms with van der Waals surface area (Å²) in [7, 11) is 1.58. The second-order valence-corrected chi connectivity index (χ2v) is 10.2. The van der Waals surface area contributed by atoms with Gasteiger partial charge in [-0.1, -0.05) is 36.4 Å². The molecule has 4 rings (SSSR count). The Morgan fingerprint density at radius 3 is 2.27 bits per heavy atom. The minimum Gasteiger partial charge on any atom is -0.504 e. The maximum absolute atomic E-state index is 12.3. The third kappa shape index (κ3) is 7.55. The summed E-state index contributed by atoms with van der Waals surface area (Å²) in [5.74, 6) is -1.44. The fourth-order valence-corrected chi connectivity index (χ4v) is 4.99. The largest absolute Gasteiger partial charge is 0.504 e. The summed E-state index contributed by atoms with van der Waals surface area (Å²) in [6, 6.07) is 16.8. The highest BCUT2D eigenvalue weighted by atomic mass is 16.5. The number of amides is 1. The number of rotatable bonds is 11. The van der Waals surface area contributed by atoms with Crippen LogP contribution in [0.5, 0.6) is 5.75 Å². The molecule has 2 heterocycles. The lowest BCUT2D eigenvalue weighted by Crippen LogP contribution is -2.34. The molecular weight excluding hydrogens is 512 g/mol. The number of carbonyl (C=O) groups is 2. The number of nitrogens with one attached hydrogen (secondary N) is 1. The maximum atomic E-state index is 12.3. The van der Waals surface area contributed by atoms with Crippen LogP contribution in [0, 0.1) is 12.8 Å². The Kier molecular flexibility index (Phi) is 9.68. The van der Waals surface area contributed by atoms with E-state index in [1.165, 1.54) is 0 Å². The number of carbonyl (C=O) groups excluding carboxylic acids is 1. The monoisotopic (exact) mass is 548 g/mol. The number of carboxylic acid groups (broad SMARTS) is 1. The molecule has 3 aromatic rings. The van der Waals surface area contributed by atoms with Gasteiger partial charge in [0.25, 0.3) is 5.91 Å². The van der Waals surface area contributed by atoms with Crippen molar-refractivity contribution < 1.29 is 29.6 Å². The molecule has 4 N–H and O–H groups in total. The van der Waals surface area contributed by atoms with Gasteiger partial charge in [0.1, 0.15) is 12.4 Å². The van der Waals surface area contributed by atoms with Gasteiger partial charge in [-0.05, 0) is 54.5 Å². The van der Waals surface area contributed by atoms with Gasteiger partial charge in [-0.3, -0.25) is 9.59 Å². The Hall–Kier alpha value is -4.02. The van der Waals surface area contributed by atoms with E-state index in [2.05, 4.69) is 56.6 Å². The number of hydrogen-bond acceptors (Lipinski definition) is 8. The molecule has 0 bridgehead atoms. The number of nitrogens with zero attached hydrogens (tertiary/aromatic N) is 3. The highest BCUT2D eigenvalue weighted by Gasteiger charge is 2.23. The Labute approximate surface area is 233 Å². The summed E-state index contributed by atoms with van der Waals surface area (Å²) >= 11 is 0. The van der Waals surface area contributed by atoms with Crippen molar-refractivity contribution in [2.75, 3.05) is 38.3 Å². The molecule has 2 aromatic carbocycles. The first-order chi connectivity index (χ1) is 19.2. The first kappa shape index (κ1) is 29.0. The van der Waals surface area contributed by atoms with Crippen molar-refractivity contribution in [2.24, 2.45) is 5.92 Å². The van der Waals surface area contributed by atoms with Gasteiger partial charge < -0.3 is 30.3 Å². The molecule has 1 amide bonds. The van der Waals surface area contributed by atoms with Crippen molar-refractivity contribution in [3.05, 3.63) is 71.3 Å². The smallest absolute Gasteiger partial charge is 0.322 e. The van der Waals surface area contributed by atoms with E-state index >= 15 is 0 Å². The highest BCUT2D eigenvalue weighted by molar-refractivity contribution is 5.96. The van der Waals surface area contributed by atoms with Gasteiger partial charge in [0.15, 0.2) is 11.4 Å². The normalized spacial score (nSPS) is 14.6. The van der Waals surface area contributed by atoms with Gasteiger partial charge in [0.05, 0.1) is 18.4 Å². The number of aromatic nitrogens is 2. The molecule has 0 unspecified atom stereocenters. The van der Waals surface area contributed by atoms with E-state index in [4.69, 9.17) is 9.84 Å². The number of aliphatic carboxylic acids is 1. The number of aliphatic hydroxyl groups excluding tert-OH is 1. The molecular formula is C30H36N4O6. The minimum absolute atomic E-state index is 0.195. The van der Waals surface area contributed by atoms with E-state index in [-0.39, 0.29) is 11.4 Å². The first-order valence-corrected chi connectivity index (χ1v) is 13.4. The molecule has 1 saturated heterocycles. The number of aryl methyl sites for hydroxylation is 1. The highest BCUT2D eigenvalue weighted by Crippen LogP contribution is 2.29. The zero-order valence-electron chi connectivity index (χ0n) is 22.8. The number of benzene rings is 2. The second kappa shape index (κ2) is 13.4. The average Bonchev–Trinajstić information content (AvgIpc) is 2.94. The topological polar surface area (TPSA) is 145 Å². The van der Waals surface area contributed by atoms with Crippen molar-refractivity contribution in [1.82, 2.24) is 15.3 Å². The van der Waals surface area contributed by atoms with E-state index < -0.39 is 24.5 Å². The van der Waals surface area contributed by atoms with Crippen molar-refractivity contribution in [3.63, 3.8) is 0 Å². The Balaban J connectivity index is 1.32. The van der Waals surface area contributed by atoms with Crippen LogP contribution in [0.25, 0.3) is 11.1 Å². The van der Waals surface area contributed by atoms with Crippen LogP contribution in [0.3, 0.4) is 0 Å². The van der Waals surface area contributed by atoms with Crippen LogP contribution in [0.15, 0.2) is 48.5 Å². The molecule has 1 aliphatic rings. The van der Waals surface area contributed by atoms with Crippen LogP contribution >= 0.6 is 0 Å². The summed E-state index contributed by atoms with van der Waals surface area (Å²) in [4.78, 5) is 34.0. The van der Waals surface area contributed by atoms with Crippen molar-refractivity contribution in [2.45, 2.75) is 38.7 Å². The van der Waals surface area contributed by atoms with E-state index in [0.29, 0.717) is 36.9 Å². The van der Waals surface area contributed by atoms with Gasteiger partial charge in [-0.25, -0.2) is 9.97 Å². The lowest BCUT2D eigenvalue weighted by atomic mass is 9.92. The van der Waals surface area contributed by atoms with Gasteiger partial charge >= 0.3 is 5.97 Å². The number of aliphatic hydroxyl groups is 1. The van der Waals surface area contributed by atoms with Gasteiger partial charge in [0.2, 0.25) is 0 Å². The standard InChI is InChI=1S/C30H36N4O6/c1-19-29(38)28(30(39)31-17-27(36)37)33-26(32-19)16-21-11-13-34(14-12-21)24-9-7-23(8-10-24)22-5-3-20(4-6-22)15-25(35)18-40-2/h3-10,21,25,35,38H,11-18H2,1-2H3,(H,31,39)(H,36,37)/t25-/m1/s1. The van der Waals surface area contributed by atoms with Crippen molar-refractivity contribution in [1.29, 1.82) is 0 Å². The van der Waals surface area contributed by atoms with E-state index in [9.17, 15) is 19.8 Å². The molecule has 0 radical (unpaired) electrons. The summed E-state index contributed by atoms with van der Waals surface area (Å²) in [5.41, 5.74) is 4.58. The lowest BCUT2D eigenvalue weighted by molar-refractivity contribution is -0.135. The predicted octanol–water partition coefficient (Wildman–Crippen LogP) is 2.98. The van der Waals surface area contributed by atoms with Crippen LogP contribution in [0.1, 0.15) is 40.4 Å². The number of piperidine rings is 1. The van der Waals surface area contributed by atoms with Crippen LogP contribution in [0.4, 0.5) is 5.69 Å². The van der Waals surface area contributed by atoms with E-state index in [0.717, 1.165) is 48.3 Å². The van der Waals surface area contributed by atoms with Crippen LogP contribution in [0.2, 0.25) is 0 Å². The minimum atomic E-state index is -1.18. The summed E-state index contributed by atoms with van der Waals surface area (Å²) in [6.07, 6.45) is 2.49. The summed E-state index contributed by atoms with van der Waals surface area (Å²) in [6.45, 7) is 3.13. The Bertz CT molecular complexity index is 1310. The van der Waals surface area contributed by atoms with Crippen LogP contribution in [-0.4, -0.2) is 76.6 Å². The van der Waals surface area contributed by atoms with Crippen molar-refractivity contribution in [3.8, 4) is 16.9 Å². The quantitative estimate of drug-likeness (QED) is 0.284. The Morgan fingerprint density at radius 2 is 1.68 bits per heavy atom. The Morgan fingerprint density at radius 1 is 1.05 bits per heavy atom. The molecule has 0 spiro atoms. The molecule has 0 saturated carbocycles. The number of ether oxygens (including phenoxy) is 1. The van der Waals surface area contributed by atoms with E-state index in [1.807, 2.05) is 12.1 Å².